The highest BCUT2D eigenvalue weighted by atomic mass is 35.5. The van der Waals surface area contributed by atoms with E-state index in [4.69, 9.17) is 17.3 Å². The number of nitrogens with two attached hydrogens (primary N) is 1. The Morgan fingerprint density at radius 2 is 2.00 bits per heavy atom. The summed E-state index contributed by atoms with van der Waals surface area (Å²) in [5.41, 5.74) is 6.29. The topological polar surface area (TPSA) is 77.2 Å². The van der Waals surface area contributed by atoms with E-state index >= 15 is 0 Å². The van der Waals surface area contributed by atoms with Crippen LogP contribution in [0.25, 0.3) is 0 Å². The standard InChI is InChI=1S/C11H14ClNO3S/c1-2-17(15,16)4-3-11(14)8-5-9(12)7-10(13)6-8/h5-7H,2-4,13H2,1H3. The van der Waals surface area contributed by atoms with Crippen LogP contribution in [0.15, 0.2) is 18.2 Å². The Bertz CT molecular complexity index is 505. The summed E-state index contributed by atoms with van der Waals surface area (Å²) in [5, 5.41) is 0.367. The summed E-state index contributed by atoms with van der Waals surface area (Å²) in [4.78, 5) is 11.7. The predicted molar refractivity (Wildman–Crippen MR) is 69.1 cm³/mol. The fraction of sp³-hybridized carbons (Fsp3) is 0.364. The summed E-state index contributed by atoms with van der Waals surface area (Å²) in [6.45, 7) is 1.55. The minimum Gasteiger partial charge on any atom is -0.399 e. The summed E-state index contributed by atoms with van der Waals surface area (Å²) in [6, 6.07) is 4.51. The Kier molecular flexibility index (Phi) is 4.54. The van der Waals surface area contributed by atoms with Gasteiger partial charge in [0.15, 0.2) is 5.78 Å². The monoisotopic (exact) mass is 275 g/mol. The third kappa shape index (κ3) is 4.36. The molecule has 0 heterocycles. The molecule has 6 heteroatoms. The molecule has 0 saturated heterocycles. The average molecular weight is 276 g/mol. The summed E-state index contributed by atoms with van der Waals surface area (Å²) in [7, 11) is -3.13. The molecule has 0 amide bonds. The maximum absolute atomic E-state index is 11.7. The molecule has 1 aromatic carbocycles. The molecule has 0 bridgehead atoms. The Morgan fingerprint density at radius 1 is 1.35 bits per heavy atom. The van der Waals surface area contributed by atoms with Gasteiger partial charge in [0.1, 0.15) is 9.84 Å². The van der Waals surface area contributed by atoms with E-state index in [2.05, 4.69) is 0 Å². The lowest BCUT2D eigenvalue weighted by Crippen LogP contribution is -2.13. The molecule has 0 spiro atoms. The van der Waals surface area contributed by atoms with Crippen molar-refractivity contribution in [3.8, 4) is 0 Å². The SMILES string of the molecule is CCS(=O)(=O)CCC(=O)c1cc(N)cc(Cl)c1. The minimum absolute atomic E-state index is 0.0396. The van der Waals surface area contributed by atoms with Crippen molar-refractivity contribution >= 4 is 32.9 Å². The van der Waals surface area contributed by atoms with Gasteiger partial charge < -0.3 is 5.73 Å². The molecule has 0 aromatic heterocycles. The second-order valence-corrected chi connectivity index (χ2v) is 6.59. The number of hydrogen-bond donors (Lipinski definition) is 1. The van der Waals surface area contributed by atoms with Gasteiger partial charge >= 0.3 is 0 Å². The van der Waals surface area contributed by atoms with Gasteiger partial charge in [0.25, 0.3) is 0 Å². The third-order valence-electron chi connectivity index (χ3n) is 2.32. The van der Waals surface area contributed by atoms with Crippen LogP contribution in [-0.2, 0) is 9.84 Å². The Labute approximate surface area is 106 Å². The van der Waals surface area contributed by atoms with Crippen molar-refractivity contribution in [1.82, 2.24) is 0 Å². The van der Waals surface area contributed by atoms with E-state index in [0.29, 0.717) is 16.3 Å². The maximum atomic E-state index is 11.7. The van der Waals surface area contributed by atoms with Crippen molar-refractivity contribution in [2.24, 2.45) is 0 Å². The number of carbonyl (C=O) groups is 1. The zero-order chi connectivity index (χ0) is 13.1. The Hall–Kier alpha value is -1.07. The van der Waals surface area contributed by atoms with E-state index in [-0.39, 0.29) is 23.7 Å². The molecule has 1 rings (SSSR count). The van der Waals surface area contributed by atoms with Gasteiger partial charge in [-0.15, -0.1) is 0 Å². The van der Waals surface area contributed by atoms with Crippen LogP contribution in [0.1, 0.15) is 23.7 Å². The van der Waals surface area contributed by atoms with Gasteiger partial charge in [-0.25, -0.2) is 8.42 Å². The molecule has 4 nitrogen and oxygen atoms in total. The van der Waals surface area contributed by atoms with Crippen LogP contribution in [0.4, 0.5) is 5.69 Å². The lowest BCUT2D eigenvalue weighted by Gasteiger charge is -2.03. The molecular weight excluding hydrogens is 262 g/mol. The Balaban J connectivity index is 2.77. The van der Waals surface area contributed by atoms with Crippen molar-refractivity contribution in [2.45, 2.75) is 13.3 Å². The molecule has 0 unspecified atom stereocenters. The number of anilines is 1. The van der Waals surface area contributed by atoms with Crippen LogP contribution >= 0.6 is 11.6 Å². The summed E-state index contributed by atoms with van der Waals surface area (Å²) < 4.78 is 22.5. The molecule has 94 valence electrons. The number of Topliss-reactive ketones (excluding diaryl/α,β-unsaturated/α-hetero) is 1. The third-order valence-corrected chi connectivity index (χ3v) is 4.25. The molecule has 0 aliphatic carbocycles. The number of benzene rings is 1. The van der Waals surface area contributed by atoms with Crippen molar-refractivity contribution in [2.75, 3.05) is 17.2 Å². The molecule has 0 fully saturated rings. The van der Waals surface area contributed by atoms with Gasteiger partial charge in [-0.3, -0.25) is 4.79 Å². The van der Waals surface area contributed by atoms with Crippen molar-refractivity contribution in [3.05, 3.63) is 28.8 Å². The summed E-state index contributed by atoms with van der Waals surface area (Å²) in [5.74, 6) is -0.372. The maximum Gasteiger partial charge on any atom is 0.164 e. The molecule has 1 aromatic rings. The van der Waals surface area contributed by atoms with E-state index < -0.39 is 9.84 Å². The second kappa shape index (κ2) is 5.51. The van der Waals surface area contributed by atoms with Crippen molar-refractivity contribution in [3.63, 3.8) is 0 Å². The quantitative estimate of drug-likeness (QED) is 0.658. The number of hydrogen-bond acceptors (Lipinski definition) is 4. The number of nitrogen functional groups attached to an aromatic ring is 1. The smallest absolute Gasteiger partial charge is 0.164 e. The number of rotatable bonds is 5. The molecule has 0 saturated carbocycles. The minimum atomic E-state index is -3.13. The molecule has 0 aliphatic rings. The highest BCUT2D eigenvalue weighted by molar-refractivity contribution is 7.91. The van der Waals surface area contributed by atoms with Gasteiger partial charge in [-0.05, 0) is 18.2 Å². The molecule has 0 radical (unpaired) electrons. The lowest BCUT2D eigenvalue weighted by molar-refractivity contribution is 0.0989. The van der Waals surface area contributed by atoms with Gasteiger partial charge in [0.05, 0.1) is 5.75 Å². The first kappa shape index (κ1) is 14.0. The van der Waals surface area contributed by atoms with Gasteiger partial charge in [0.2, 0.25) is 0 Å². The molecule has 17 heavy (non-hydrogen) atoms. The largest absolute Gasteiger partial charge is 0.399 e. The highest BCUT2D eigenvalue weighted by Gasteiger charge is 2.13. The lowest BCUT2D eigenvalue weighted by atomic mass is 10.1. The van der Waals surface area contributed by atoms with E-state index in [1.54, 1.807) is 6.92 Å². The van der Waals surface area contributed by atoms with E-state index in [1.807, 2.05) is 0 Å². The fourth-order valence-electron chi connectivity index (χ4n) is 1.31. The highest BCUT2D eigenvalue weighted by Crippen LogP contribution is 2.18. The van der Waals surface area contributed by atoms with E-state index in [9.17, 15) is 13.2 Å². The summed E-state index contributed by atoms with van der Waals surface area (Å²) in [6.07, 6.45) is -0.0457. The van der Waals surface area contributed by atoms with E-state index in [1.165, 1.54) is 18.2 Å². The molecule has 0 aliphatic heterocycles. The Morgan fingerprint density at radius 3 is 2.53 bits per heavy atom. The van der Waals surface area contributed by atoms with Crippen LogP contribution in [0.5, 0.6) is 0 Å². The first-order chi connectivity index (χ1) is 7.84. The first-order valence-corrected chi connectivity index (χ1v) is 7.33. The fourth-order valence-corrected chi connectivity index (χ4v) is 2.34. The average Bonchev–Trinajstić information content (AvgIpc) is 2.24. The van der Waals surface area contributed by atoms with Crippen LogP contribution < -0.4 is 5.73 Å². The first-order valence-electron chi connectivity index (χ1n) is 5.14. The van der Waals surface area contributed by atoms with Crippen LogP contribution in [0.2, 0.25) is 5.02 Å². The predicted octanol–water partition coefficient (Wildman–Crippen LogP) is 1.93. The normalized spacial score (nSPS) is 11.4. The van der Waals surface area contributed by atoms with Crippen LogP contribution in [-0.4, -0.2) is 25.7 Å². The molecular formula is C11H14ClNO3S. The molecule has 2 N–H and O–H groups in total. The number of sulfone groups is 1. The van der Waals surface area contributed by atoms with Crippen molar-refractivity contribution in [1.29, 1.82) is 0 Å². The zero-order valence-electron chi connectivity index (χ0n) is 9.44. The number of halogens is 1. The molecule has 0 atom stereocenters. The zero-order valence-corrected chi connectivity index (χ0v) is 11.0. The second-order valence-electron chi connectivity index (χ2n) is 3.68. The number of ketones is 1. The van der Waals surface area contributed by atoms with Crippen molar-refractivity contribution < 1.29 is 13.2 Å². The van der Waals surface area contributed by atoms with Gasteiger partial charge in [-0.1, -0.05) is 18.5 Å². The van der Waals surface area contributed by atoms with E-state index in [0.717, 1.165) is 0 Å². The van der Waals surface area contributed by atoms with Gasteiger partial charge in [-0.2, -0.15) is 0 Å². The van der Waals surface area contributed by atoms with Gasteiger partial charge in [0, 0.05) is 28.4 Å². The van der Waals surface area contributed by atoms with Crippen LogP contribution in [0, 0.1) is 0 Å². The summed E-state index contributed by atoms with van der Waals surface area (Å²) >= 11 is 5.76. The number of carbonyl (C=O) groups excluding carboxylic acids is 1. The van der Waals surface area contributed by atoms with Crippen LogP contribution in [0.3, 0.4) is 0 Å².